The van der Waals surface area contributed by atoms with Crippen molar-refractivity contribution in [2.24, 2.45) is 0 Å². The third-order valence-corrected chi connectivity index (χ3v) is 3.82. The average molecular weight is 301 g/mol. The van der Waals surface area contributed by atoms with E-state index in [0.717, 1.165) is 17.3 Å². The van der Waals surface area contributed by atoms with Gasteiger partial charge in [0.15, 0.2) is 0 Å². The van der Waals surface area contributed by atoms with Gasteiger partial charge in [0.05, 0.1) is 11.4 Å². The molecule has 0 spiro atoms. The molecule has 1 fully saturated rings. The molecule has 3 rings (SSSR count). The fourth-order valence-corrected chi connectivity index (χ4v) is 2.74. The standard InChI is InChI=1S/C13H11N5O2S/c19-12-11(8-10-4-2-1-3-5-10)21-13(20)18(12)7-6-17-9-14-15-16-17/h1-5,8-9H,6-7H2/b11-8+. The van der Waals surface area contributed by atoms with Crippen LogP contribution in [-0.4, -0.2) is 42.8 Å². The van der Waals surface area contributed by atoms with Gasteiger partial charge in [-0.25, -0.2) is 4.68 Å². The molecule has 0 N–H and O–H groups in total. The van der Waals surface area contributed by atoms with E-state index in [2.05, 4.69) is 15.5 Å². The number of amides is 2. The zero-order valence-electron chi connectivity index (χ0n) is 10.9. The lowest BCUT2D eigenvalue weighted by molar-refractivity contribution is -0.122. The molecule has 0 radical (unpaired) electrons. The summed E-state index contributed by atoms with van der Waals surface area (Å²) in [7, 11) is 0. The van der Waals surface area contributed by atoms with Crippen molar-refractivity contribution in [2.75, 3.05) is 6.54 Å². The van der Waals surface area contributed by atoms with Gasteiger partial charge in [-0.2, -0.15) is 0 Å². The Morgan fingerprint density at radius 1 is 1.14 bits per heavy atom. The van der Waals surface area contributed by atoms with Crippen molar-refractivity contribution in [1.82, 2.24) is 25.1 Å². The second-order valence-electron chi connectivity index (χ2n) is 4.32. The molecule has 106 valence electrons. The topological polar surface area (TPSA) is 81.0 Å². The number of hydrogen-bond donors (Lipinski definition) is 0. The summed E-state index contributed by atoms with van der Waals surface area (Å²) in [6, 6.07) is 9.43. The Hall–Kier alpha value is -2.48. The second-order valence-corrected chi connectivity index (χ2v) is 5.31. The van der Waals surface area contributed by atoms with Crippen LogP contribution >= 0.6 is 11.8 Å². The molecule has 0 bridgehead atoms. The van der Waals surface area contributed by atoms with E-state index in [1.165, 1.54) is 15.9 Å². The molecular weight excluding hydrogens is 290 g/mol. The zero-order valence-corrected chi connectivity index (χ0v) is 11.7. The number of rotatable bonds is 4. The fourth-order valence-electron chi connectivity index (χ4n) is 1.88. The molecule has 2 aromatic rings. The van der Waals surface area contributed by atoms with Crippen molar-refractivity contribution < 1.29 is 9.59 Å². The van der Waals surface area contributed by atoms with Gasteiger partial charge >= 0.3 is 0 Å². The first-order valence-electron chi connectivity index (χ1n) is 6.25. The molecule has 7 nitrogen and oxygen atoms in total. The van der Waals surface area contributed by atoms with Crippen molar-refractivity contribution in [3.63, 3.8) is 0 Å². The number of carbonyl (C=O) groups is 2. The smallest absolute Gasteiger partial charge is 0.268 e. The largest absolute Gasteiger partial charge is 0.293 e. The van der Waals surface area contributed by atoms with Crippen LogP contribution in [0.3, 0.4) is 0 Å². The van der Waals surface area contributed by atoms with Crippen LogP contribution in [0.25, 0.3) is 6.08 Å². The summed E-state index contributed by atoms with van der Waals surface area (Å²) in [4.78, 5) is 25.8. The minimum Gasteiger partial charge on any atom is -0.268 e. The molecule has 8 heteroatoms. The SMILES string of the molecule is O=C1S/C(=C/c2ccccc2)C(=O)N1CCn1cnnn1. The van der Waals surface area contributed by atoms with Gasteiger partial charge in [-0.15, -0.1) is 5.10 Å². The van der Waals surface area contributed by atoms with E-state index in [0.29, 0.717) is 11.4 Å². The summed E-state index contributed by atoms with van der Waals surface area (Å²) in [5.41, 5.74) is 0.892. The van der Waals surface area contributed by atoms with Gasteiger partial charge in [0.2, 0.25) is 0 Å². The average Bonchev–Trinajstić information content (AvgIpc) is 3.08. The van der Waals surface area contributed by atoms with Gasteiger partial charge in [-0.05, 0) is 33.8 Å². The first kappa shape index (κ1) is 13.5. The minimum absolute atomic E-state index is 0.252. The quantitative estimate of drug-likeness (QED) is 0.794. The maximum absolute atomic E-state index is 12.2. The molecule has 2 heterocycles. The summed E-state index contributed by atoms with van der Waals surface area (Å²) < 4.78 is 1.48. The lowest BCUT2D eigenvalue weighted by atomic mass is 10.2. The minimum atomic E-state index is -0.276. The van der Waals surface area contributed by atoms with E-state index in [-0.39, 0.29) is 17.7 Å². The normalized spacial score (nSPS) is 17.0. The summed E-state index contributed by atoms with van der Waals surface area (Å²) in [6.45, 7) is 0.630. The first-order valence-corrected chi connectivity index (χ1v) is 7.07. The van der Waals surface area contributed by atoms with Crippen molar-refractivity contribution in [3.05, 3.63) is 47.1 Å². The van der Waals surface area contributed by atoms with E-state index in [1.807, 2.05) is 30.3 Å². The van der Waals surface area contributed by atoms with Crippen molar-refractivity contribution >= 4 is 29.0 Å². The van der Waals surface area contributed by atoms with Crippen LogP contribution in [0.2, 0.25) is 0 Å². The predicted molar refractivity (Wildman–Crippen MR) is 76.9 cm³/mol. The summed E-state index contributed by atoms with van der Waals surface area (Å²) in [5.74, 6) is -0.276. The van der Waals surface area contributed by atoms with E-state index >= 15 is 0 Å². The summed E-state index contributed by atoms with van der Waals surface area (Å²) >= 11 is 0.951. The number of nitrogens with zero attached hydrogens (tertiary/aromatic N) is 5. The maximum Gasteiger partial charge on any atom is 0.293 e. The molecule has 1 aliphatic rings. The molecule has 0 unspecified atom stereocenters. The van der Waals surface area contributed by atoms with Gasteiger partial charge < -0.3 is 0 Å². The van der Waals surface area contributed by atoms with Crippen molar-refractivity contribution in [2.45, 2.75) is 6.54 Å². The maximum atomic E-state index is 12.2. The second kappa shape index (κ2) is 5.88. The van der Waals surface area contributed by atoms with Crippen molar-refractivity contribution in [1.29, 1.82) is 0 Å². The van der Waals surface area contributed by atoms with Crippen LogP contribution in [0.15, 0.2) is 41.6 Å². The number of aromatic nitrogens is 4. The lowest BCUT2D eigenvalue weighted by Crippen LogP contribution is -2.31. The summed E-state index contributed by atoms with van der Waals surface area (Å²) in [5, 5.41) is 10.4. The predicted octanol–water partition coefficient (Wildman–Crippen LogP) is 1.41. The van der Waals surface area contributed by atoms with Gasteiger partial charge in [0.1, 0.15) is 6.33 Å². The Labute approximate surface area is 124 Å². The molecule has 0 aliphatic carbocycles. The van der Waals surface area contributed by atoms with E-state index < -0.39 is 0 Å². The third-order valence-electron chi connectivity index (χ3n) is 2.92. The van der Waals surface area contributed by atoms with Gasteiger partial charge in [0.25, 0.3) is 11.1 Å². The number of imide groups is 1. The Kier molecular flexibility index (Phi) is 3.78. The molecule has 1 saturated heterocycles. The number of carbonyl (C=O) groups excluding carboxylic acids is 2. The molecule has 1 aromatic carbocycles. The molecule has 0 saturated carbocycles. The van der Waals surface area contributed by atoms with Gasteiger partial charge in [-0.1, -0.05) is 30.3 Å². The van der Waals surface area contributed by atoms with Crippen molar-refractivity contribution in [3.8, 4) is 0 Å². The van der Waals surface area contributed by atoms with E-state index in [1.54, 1.807) is 6.08 Å². The third kappa shape index (κ3) is 3.00. The molecule has 1 aromatic heterocycles. The molecule has 2 amide bonds. The van der Waals surface area contributed by atoms with E-state index in [4.69, 9.17) is 0 Å². The highest BCUT2D eigenvalue weighted by molar-refractivity contribution is 8.18. The van der Waals surface area contributed by atoms with Crippen LogP contribution in [0.4, 0.5) is 4.79 Å². The zero-order chi connectivity index (χ0) is 14.7. The summed E-state index contributed by atoms with van der Waals surface area (Å²) in [6.07, 6.45) is 3.17. The van der Waals surface area contributed by atoms with Crippen LogP contribution in [0.5, 0.6) is 0 Å². The Balaban J connectivity index is 1.71. The highest BCUT2D eigenvalue weighted by Gasteiger charge is 2.34. The lowest BCUT2D eigenvalue weighted by Gasteiger charge is -2.11. The Morgan fingerprint density at radius 2 is 1.95 bits per heavy atom. The molecular formula is C13H11N5O2S. The fraction of sp³-hybridized carbons (Fsp3) is 0.154. The van der Waals surface area contributed by atoms with Crippen LogP contribution in [0, 0.1) is 0 Å². The number of hydrogen-bond acceptors (Lipinski definition) is 6. The molecule has 1 aliphatic heterocycles. The highest BCUT2D eigenvalue weighted by Crippen LogP contribution is 2.31. The van der Waals surface area contributed by atoms with E-state index in [9.17, 15) is 9.59 Å². The highest BCUT2D eigenvalue weighted by atomic mass is 32.2. The Bertz CT molecular complexity index is 684. The van der Waals surface area contributed by atoms with Gasteiger partial charge in [0, 0.05) is 6.54 Å². The first-order chi connectivity index (χ1) is 10.2. The molecule has 21 heavy (non-hydrogen) atoms. The van der Waals surface area contributed by atoms with Crippen LogP contribution in [-0.2, 0) is 11.3 Å². The van der Waals surface area contributed by atoms with Crippen LogP contribution in [0.1, 0.15) is 5.56 Å². The Morgan fingerprint density at radius 3 is 2.67 bits per heavy atom. The number of tetrazole rings is 1. The monoisotopic (exact) mass is 301 g/mol. The number of benzene rings is 1. The van der Waals surface area contributed by atoms with Crippen LogP contribution < -0.4 is 0 Å². The molecule has 0 atom stereocenters. The number of thioether (sulfide) groups is 1. The van der Waals surface area contributed by atoms with Gasteiger partial charge in [-0.3, -0.25) is 14.5 Å².